The molecule has 1 aliphatic carbocycles. The molecule has 0 aliphatic heterocycles. The van der Waals surface area contributed by atoms with Crippen molar-refractivity contribution in [3.05, 3.63) is 41.0 Å². The number of carbonyl (C=O) groups is 2. The predicted molar refractivity (Wildman–Crippen MR) is 116 cm³/mol. The molecular weight excluding hydrogens is 348 g/mol. The molecule has 1 aromatic rings. The molecule has 0 amide bonds. The molecule has 0 spiro atoms. The molecule has 0 atom stereocenters. The largest absolute Gasteiger partial charge is 0.507 e. The molecule has 2 rings (SSSR count). The summed E-state index contributed by atoms with van der Waals surface area (Å²) in [6, 6.07) is 6.81. The molecule has 0 aromatic heterocycles. The van der Waals surface area contributed by atoms with E-state index in [0.29, 0.717) is 23.1 Å². The summed E-state index contributed by atoms with van der Waals surface area (Å²) in [4.78, 5) is 24.5. The van der Waals surface area contributed by atoms with E-state index in [9.17, 15) is 14.7 Å². The molecule has 0 fully saturated rings. The number of benzene rings is 1. The van der Waals surface area contributed by atoms with Gasteiger partial charge in [0.1, 0.15) is 5.76 Å². The van der Waals surface area contributed by atoms with E-state index >= 15 is 0 Å². The van der Waals surface area contributed by atoms with Gasteiger partial charge in [0, 0.05) is 16.7 Å². The number of aliphatic hydroxyl groups excluding tert-OH is 1. The molecule has 28 heavy (non-hydrogen) atoms. The number of Topliss-reactive ketones (excluding diaryl/α,β-unsaturated/α-hetero) is 2. The smallest absolute Gasteiger partial charge is 0.234 e. The van der Waals surface area contributed by atoms with Gasteiger partial charge in [-0.25, -0.2) is 0 Å². The van der Waals surface area contributed by atoms with E-state index in [1.807, 2.05) is 0 Å². The number of fused-ring (bicyclic) bond motifs is 1. The number of allylic oxidation sites excluding steroid dienone is 1. The molecule has 3 heteroatoms. The average Bonchev–Trinajstić information content (AvgIpc) is 2.72. The average molecular weight is 385 g/mol. The van der Waals surface area contributed by atoms with Crippen LogP contribution in [0, 0.1) is 0 Å². The Labute approximate surface area is 170 Å². The SMILES string of the molecule is CCCCCCCCCCCCCCCC1=C(O)c2ccccc2C(=O)C1=O. The lowest BCUT2D eigenvalue weighted by atomic mass is 9.86. The van der Waals surface area contributed by atoms with Crippen molar-refractivity contribution in [3.63, 3.8) is 0 Å². The highest BCUT2D eigenvalue weighted by Crippen LogP contribution is 2.30. The molecule has 0 saturated carbocycles. The van der Waals surface area contributed by atoms with Crippen LogP contribution in [-0.4, -0.2) is 16.7 Å². The molecular formula is C25H36O3. The fraction of sp³-hybridized carbons (Fsp3) is 0.600. The molecule has 1 aromatic carbocycles. The van der Waals surface area contributed by atoms with Gasteiger partial charge in [-0.3, -0.25) is 9.59 Å². The van der Waals surface area contributed by atoms with Crippen LogP contribution in [0.25, 0.3) is 5.76 Å². The molecule has 1 N–H and O–H groups in total. The highest BCUT2D eigenvalue weighted by atomic mass is 16.3. The Balaban J connectivity index is 1.59. The van der Waals surface area contributed by atoms with E-state index in [-0.39, 0.29) is 5.76 Å². The van der Waals surface area contributed by atoms with Crippen LogP contribution in [0.1, 0.15) is 113 Å². The number of hydrogen-bond acceptors (Lipinski definition) is 3. The van der Waals surface area contributed by atoms with Crippen molar-refractivity contribution in [3.8, 4) is 0 Å². The lowest BCUT2D eigenvalue weighted by Gasteiger charge is -2.17. The lowest BCUT2D eigenvalue weighted by molar-refractivity contribution is -0.112. The van der Waals surface area contributed by atoms with Gasteiger partial charge in [-0.05, 0) is 12.8 Å². The number of carbonyl (C=O) groups excluding carboxylic acids is 2. The van der Waals surface area contributed by atoms with Gasteiger partial charge in [0.2, 0.25) is 11.6 Å². The zero-order valence-electron chi connectivity index (χ0n) is 17.5. The topological polar surface area (TPSA) is 54.4 Å². The molecule has 3 nitrogen and oxygen atoms in total. The third-order valence-corrected chi connectivity index (χ3v) is 5.72. The van der Waals surface area contributed by atoms with Gasteiger partial charge >= 0.3 is 0 Å². The van der Waals surface area contributed by atoms with Crippen LogP contribution >= 0.6 is 0 Å². The zero-order chi connectivity index (χ0) is 20.2. The number of aliphatic hydroxyl groups is 1. The summed E-state index contributed by atoms with van der Waals surface area (Å²) in [5.41, 5.74) is 1.11. The second kappa shape index (κ2) is 12.5. The Morgan fingerprint density at radius 2 is 1.11 bits per heavy atom. The van der Waals surface area contributed by atoms with Gasteiger partial charge in [0.25, 0.3) is 0 Å². The van der Waals surface area contributed by atoms with Crippen molar-refractivity contribution in [2.24, 2.45) is 0 Å². The van der Waals surface area contributed by atoms with Gasteiger partial charge in [-0.1, -0.05) is 108 Å². The summed E-state index contributed by atoms with van der Waals surface area (Å²) in [7, 11) is 0. The van der Waals surface area contributed by atoms with E-state index < -0.39 is 11.6 Å². The van der Waals surface area contributed by atoms with Crippen molar-refractivity contribution < 1.29 is 14.7 Å². The minimum absolute atomic E-state index is 0.000799. The minimum Gasteiger partial charge on any atom is -0.507 e. The Kier molecular flexibility index (Phi) is 10.0. The van der Waals surface area contributed by atoms with Crippen molar-refractivity contribution in [1.82, 2.24) is 0 Å². The van der Waals surface area contributed by atoms with E-state index in [1.54, 1.807) is 24.3 Å². The van der Waals surface area contributed by atoms with Crippen LogP contribution in [0.3, 0.4) is 0 Å². The fourth-order valence-electron chi connectivity index (χ4n) is 3.97. The van der Waals surface area contributed by atoms with Crippen LogP contribution in [0.4, 0.5) is 0 Å². The third-order valence-electron chi connectivity index (χ3n) is 5.72. The summed E-state index contributed by atoms with van der Waals surface area (Å²) in [5.74, 6) is -1.02. The first-order valence-electron chi connectivity index (χ1n) is 11.3. The standard InChI is InChI=1S/C25H36O3/c1-2-3-4-5-6-7-8-9-10-11-12-13-14-19-22-23(26)20-17-15-16-18-21(20)24(27)25(22)28/h15-18,26H,2-14,19H2,1H3. The van der Waals surface area contributed by atoms with E-state index in [0.717, 1.165) is 19.3 Å². The van der Waals surface area contributed by atoms with Crippen molar-refractivity contribution in [2.45, 2.75) is 96.8 Å². The summed E-state index contributed by atoms with van der Waals surface area (Å²) in [6.45, 7) is 2.26. The van der Waals surface area contributed by atoms with E-state index in [4.69, 9.17) is 0 Å². The normalized spacial score (nSPS) is 13.9. The zero-order valence-corrected chi connectivity index (χ0v) is 17.5. The lowest BCUT2D eigenvalue weighted by Crippen LogP contribution is -2.24. The number of unbranched alkanes of at least 4 members (excludes halogenated alkanes) is 12. The molecule has 0 heterocycles. The van der Waals surface area contributed by atoms with Crippen LogP contribution in [0.5, 0.6) is 0 Å². The predicted octanol–water partition coefficient (Wildman–Crippen LogP) is 7.20. The highest BCUT2D eigenvalue weighted by Gasteiger charge is 2.31. The monoisotopic (exact) mass is 384 g/mol. The first-order valence-corrected chi connectivity index (χ1v) is 11.3. The Hall–Kier alpha value is -1.90. The van der Waals surface area contributed by atoms with Gasteiger partial charge in [0.05, 0.1) is 0 Å². The van der Waals surface area contributed by atoms with Crippen molar-refractivity contribution in [2.75, 3.05) is 0 Å². The second-order valence-electron chi connectivity index (χ2n) is 8.02. The summed E-state index contributed by atoms with van der Waals surface area (Å²) in [5, 5.41) is 10.4. The van der Waals surface area contributed by atoms with Crippen molar-refractivity contribution >= 4 is 17.3 Å². The van der Waals surface area contributed by atoms with Gasteiger partial charge in [-0.15, -0.1) is 0 Å². The molecule has 0 saturated heterocycles. The maximum atomic E-state index is 12.3. The first-order chi connectivity index (χ1) is 13.7. The molecule has 0 unspecified atom stereocenters. The Bertz CT molecular complexity index is 672. The van der Waals surface area contributed by atoms with Gasteiger partial charge < -0.3 is 5.11 Å². The fourth-order valence-corrected chi connectivity index (χ4v) is 3.97. The molecule has 1 aliphatic rings. The quantitative estimate of drug-likeness (QED) is 0.272. The van der Waals surface area contributed by atoms with E-state index in [1.165, 1.54) is 64.2 Å². The number of hydrogen-bond donors (Lipinski definition) is 1. The maximum absolute atomic E-state index is 12.3. The van der Waals surface area contributed by atoms with Gasteiger partial charge in [0.15, 0.2) is 0 Å². The molecule has 0 radical (unpaired) electrons. The van der Waals surface area contributed by atoms with Crippen molar-refractivity contribution in [1.29, 1.82) is 0 Å². The van der Waals surface area contributed by atoms with Crippen LogP contribution < -0.4 is 0 Å². The third kappa shape index (κ3) is 6.61. The Morgan fingerprint density at radius 3 is 1.64 bits per heavy atom. The summed E-state index contributed by atoms with van der Waals surface area (Å²) < 4.78 is 0. The van der Waals surface area contributed by atoms with E-state index in [2.05, 4.69) is 6.92 Å². The summed E-state index contributed by atoms with van der Waals surface area (Å²) >= 11 is 0. The van der Waals surface area contributed by atoms with Crippen LogP contribution in [-0.2, 0) is 4.79 Å². The first kappa shape index (κ1) is 22.4. The van der Waals surface area contributed by atoms with Crippen LogP contribution in [0.2, 0.25) is 0 Å². The Morgan fingerprint density at radius 1 is 0.643 bits per heavy atom. The van der Waals surface area contributed by atoms with Gasteiger partial charge in [-0.2, -0.15) is 0 Å². The molecule has 154 valence electrons. The molecule has 0 bridgehead atoms. The summed E-state index contributed by atoms with van der Waals surface area (Å²) in [6.07, 6.45) is 16.9. The highest BCUT2D eigenvalue weighted by molar-refractivity contribution is 6.52. The minimum atomic E-state index is -0.532. The number of rotatable bonds is 14. The number of ketones is 2. The maximum Gasteiger partial charge on any atom is 0.234 e. The second-order valence-corrected chi connectivity index (χ2v) is 8.02. The van der Waals surface area contributed by atoms with Crippen LogP contribution in [0.15, 0.2) is 29.8 Å².